The summed E-state index contributed by atoms with van der Waals surface area (Å²) in [6, 6.07) is 5.62. The molecule has 0 amide bonds. The van der Waals surface area contributed by atoms with Crippen molar-refractivity contribution >= 4 is 33.8 Å². The Morgan fingerprint density at radius 3 is 2.48 bits per heavy atom. The SMILES string of the molecule is COC(=O)Cc1cc(BOC(C)(C)C(C)(C)P)ccc1N. The standard InChI is InChI=1S/C15H25BNO3P/c1-14(2,15(3,4)21)20-16-11-6-7-12(17)10(8-11)9-13(18)19-5/h6-8,16H,9,17,21H2,1-5H3. The number of rotatable bonds is 6. The maximum absolute atomic E-state index is 11.4. The summed E-state index contributed by atoms with van der Waals surface area (Å²) in [4.78, 5) is 11.4. The average Bonchev–Trinajstić information content (AvgIpc) is 2.38. The van der Waals surface area contributed by atoms with E-state index in [1.807, 2.05) is 12.1 Å². The van der Waals surface area contributed by atoms with E-state index < -0.39 is 0 Å². The van der Waals surface area contributed by atoms with Crippen LogP contribution in [0.2, 0.25) is 0 Å². The maximum Gasteiger partial charge on any atom is 0.310 e. The van der Waals surface area contributed by atoms with Gasteiger partial charge in [0, 0.05) is 10.8 Å². The van der Waals surface area contributed by atoms with Gasteiger partial charge in [0.25, 0.3) is 0 Å². The first-order chi connectivity index (χ1) is 9.56. The molecule has 4 nitrogen and oxygen atoms in total. The number of anilines is 1. The molecule has 21 heavy (non-hydrogen) atoms. The van der Waals surface area contributed by atoms with E-state index in [2.05, 4.69) is 41.7 Å². The van der Waals surface area contributed by atoms with E-state index in [-0.39, 0.29) is 23.1 Å². The molecule has 0 aromatic heterocycles. The summed E-state index contributed by atoms with van der Waals surface area (Å²) in [5.41, 5.74) is 7.95. The van der Waals surface area contributed by atoms with E-state index in [1.54, 1.807) is 6.07 Å². The zero-order valence-electron chi connectivity index (χ0n) is 13.5. The summed E-state index contributed by atoms with van der Waals surface area (Å²) >= 11 is 0. The van der Waals surface area contributed by atoms with Crippen LogP contribution in [0.15, 0.2) is 18.2 Å². The third-order valence-corrected chi connectivity index (χ3v) is 4.62. The molecule has 1 rings (SSSR count). The van der Waals surface area contributed by atoms with Crippen molar-refractivity contribution < 1.29 is 14.2 Å². The molecule has 1 unspecified atom stereocenters. The summed E-state index contributed by atoms with van der Waals surface area (Å²) in [7, 11) is 4.65. The minimum atomic E-state index is -0.300. The molecular weight excluding hydrogens is 284 g/mol. The molecule has 116 valence electrons. The van der Waals surface area contributed by atoms with Gasteiger partial charge in [-0.1, -0.05) is 31.4 Å². The largest absolute Gasteiger partial charge is 0.469 e. The van der Waals surface area contributed by atoms with Gasteiger partial charge in [-0.3, -0.25) is 4.79 Å². The molecule has 0 saturated carbocycles. The molecule has 1 aromatic rings. The van der Waals surface area contributed by atoms with E-state index in [1.165, 1.54) is 7.11 Å². The van der Waals surface area contributed by atoms with Gasteiger partial charge in [-0.05, 0) is 25.5 Å². The molecule has 0 fully saturated rings. The zero-order valence-corrected chi connectivity index (χ0v) is 14.7. The van der Waals surface area contributed by atoms with Crippen LogP contribution in [-0.4, -0.2) is 31.3 Å². The van der Waals surface area contributed by atoms with Gasteiger partial charge in [0.1, 0.15) is 0 Å². The van der Waals surface area contributed by atoms with Crippen LogP contribution in [0.1, 0.15) is 33.3 Å². The molecule has 6 heteroatoms. The van der Waals surface area contributed by atoms with Crippen molar-refractivity contribution in [2.75, 3.05) is 12.8 Å². The van der Waals surface area contributed by atoms with E-state index in [0.717, 1.165) is 11.0 Å². The fraction of sp³-hybridized carbons (Fsp3) is 0.533. The minimum absolute atomic E-state index is 0.0460. The second-order valence-electron chi connectivity index (χ2n) is 6.31. The Balaban J connectivity index is 2.82. The Hall–Kier alpha value is -1.06. The van der Waals surface area contributed by atoms with Gasteiger partial charge in [-0.2, -0.15) is 0 Å². The smallest absolute Gasteiger partial charge is 0.310 e. The van der Waals surface area contributed by atoms with Crippen molar-refractivity contribution in [2.45, 2.75) is 44.9 Å². The van der Waals surface area contributed by atoms with Crippen LogP contribution < -0.4 is 11.2 Å². The lowest BCUT2D eigenvalue weighted by molar-refractivity contribution is -0.139. The van der Waals surface area contributed by atoms with Crippen molar-refractivity contribution in [1.82, 2.24) is 0 Å². The molecule has 0 radical (unpaired) electrons. The van der Waals surface area contributed by atoms with Crippen LogP contribution in [-0.2, 0) is 20.6 Å². The lowest BCUT2D eigenvalue weighted by Gasteiger charge is -2.39. The fourth-order valence-electron chi connectivity index (χ4n) is 1.58. The number of carbonyl (C=O) groups is 1. The molecule has 0 bridgehead atoms. The molecule has 0 heterocycles. The van der Waals surface area contributed by atoms with Gasteiger partial charge in [0.2, 0.25) is 0 Å². The Morgan fingerprint density at radius 2 is 1.95 bits per heavy atom. The van der Waals surface area contributed by atoms with Crippen LogP contribution in [0.5, 0.6) is 0 Å². The van der Waals surface area contributed by atoms with Crippen molar-refractivity contribution in [1.29, 1.82) is 0 Å². The van der Waals surface area contributed by atoms with Crippen molar-refractivity contribution in [3.05, 3.63) is 23.8 Å². The van der Waals surface area contributed by atoms with Gasteiger partial charge in [0.15, 0.2) is 0 Å². The van der Waals surface area contributed by atoms with E-state index in [4.69, 9.17) is 10.4 Å². The summed E-state index contributed by atoms with van der Waals surface area (Å²) < 4.78 is 10.7. The van der Waals surface area contributed by atoms with E-state index >= 15 is 0 Å². The molecule has 2 N–H and O–H groups in total. The highest BCUT2D eigenvalue weighted by molar-refractivity contribution is 7.19. The molecule has 1 aromatic carbocycles. The number of methoxy groups -OCH3 is 1. The number of carbonyl (C=O) groups excluding carboxylic acids is 1. The van der Waals surface area contributed by atoms with Crippen molar-refractivity contribution in [3.63, 3.8) is 0 Å². The van der Waals surface area contributed by atoms with Crippen LogP contribution in [0.3, 0.4) is 0 Å². The number of hydrogen-bond acceptors (Lipinski definition) is 4. The maximum atomic E-state index is 11.4. The van der Waals surface area contributed by atoms with Crippen molar-refractivity contribution in [3.8, 4) is 0 Å². The molecule has 1 atom stereocenters. The fourth-order valence-corrected chi connectivity index (χ4v) is 1.66. The molecular formula is C15H25BNO3P. The molecule has 0 aliphatic carbocycles. The van der Waals surface area contributed by atoms with Gasteiger partial charge in [0.05, 0.1) is 19.1 Å². The summed E-state index contributed by atoms with van der Waals surface area (Å²) in [5.74, 6) is -0.300. The van der Waals surface area contributed by atoms with Gasteiger partial charge in [-0.15, -0.1) is 9.24 Å². The minimum Gasteiger partial charge on any atom is -0.469 e. The Morgan fingerprint density at radius 1 is 1.33 bits per heavy atom. The van der Waals surface area contributed by atoms with E-state index in [9.17, 15) is 4.79 Å². The quantitative estimate of drug-likeness (QED) is 0.373. The highest BCUT2D eigenvalue weighted by Crippen LogP contribution is 2.33. The van der Waals surface area contributed by atoms with Gasteiger partial charge >= 0.3 is 13.5 Å². The van der Waals surface area contributed by atoms with Crippen molar-refractivity contribution in [2.24, 2.45) is 0 Å². The predicted molar refractivity (Wildman–Crippen MR) is 92.3 cm³/mol. The number of ether oxygens (including phenoxy) is 1. The normalized spacial score (nSPS) is 12.1. The number of nitrogens with two attached hydrogens (primary N) is 1. The number of benzene rings is 1. The Labute approximate surface area is 130 Å². The van der Waals surface area contributed by atoms with Crippen LogP contribution >= 0.6 is 9.24 Å². The lowest BCUT2D eigenvalue weighted by atomic mass is 9.82. The topological polar surface area (TPSA) is 61.5 Å². The molecule has 0 aliphatic rings. The van der Waals surface area contributed by atoms with Crippen LogP contribution in [0, 0.1) is 0 Å². The second-order valence-corrected chi connectivity index (χ2v) is 7.75. The third-order valence-electron chi connectivity index (χ3n) is 3.92. The Bertz CT molecular complexity index is 512. The number of nitrogen functional groups attached to an aromatic ring is 1. The summed E-state index contributed by atoms with van der Waals surface area (Å²) in [6.07, 6.45) is 0.175. The highest BCUT2D eigenvalue weighted by atomic mass is 31.0. The first-order valence-corrected chi connectivity index (χ1v) is 7.51. The highest BCUT2D eigenvalue weighted by Gasteiger charge is 2.33. The Kier molecular flexibility index (Phi) is 5.83. The third kappa shape index (κ3) is 5.01. The number of hydrogen-bond donors (Lipinski definition) is 1. The second kappa shape index (κ2) is 6.80. The van der Waals surface area contributed by atoms with Crippen LogP contribution in [0.4, 0.5) is 5.69 Å². The summed E-state index contributed by atoms with van der Waals surface area (Å²) in [6.45, 7) is 8.35. The first kappa shape index (κ1) is 18.0. The molecule has 0 saturated heterocycles. The lowest BCUT2D eigenvalue weighted by Crippen LogP contribution is -2.45. The summed E-state index contributed by atoms with van der Waals surface area (Å²) in [5, 5.41) is -0.0460. The van der Waals surface area contributed by atoms with Gasteiger partial charge in [-0.25, -0.2) is 0 Å². The average molecular weight is 309 g/mol. The van der Waals surface area contributed by atoms with Crippen LogP contribution in [0.25, 0.3) is 0 Å². The van der Waals surface area contributed by atoms with E-state index in [0.29, 0.717) is 13.2 Å². The van der Waals surface area contributed by atoms with Gasteiger partial charge < -0.3 is 15.1 Å². The predicted octanol–water partition coefficient (Wildman–Crippen LogP) is 1.41. The molecule has 0 aliphatic heterocycles. The zero-order chi connectivity index (χ0) is 16.3. The first-order valence-electron chi connectivity index (χ1n) is 6.94. The monoisotopic (exact) mass is 309 g/mol. The molecule has 0 spiro atoms. The number of esters is 1.